The van der Waals surface area contributed by atoms with Crippen molar-refractivity contribution in [3.8, 4) is 0 Å². The van der Waals surface area contributed by atoms with Gasteiger partial charge in [0, 0.05) is 49.9 Å². The van der Waals surface area contributed by atoms with Crippen LogP contribution in [0.15, 0.2) is 65.0 Å². The van der Waals surface area contributed by atoms with Crippen molar-refractivity contribution >= 4 is 44.0 Å². The molecule has 1 aliphatic rings. The minimum atomic E-state index is -3.89. The second-order valence-corrected chi connectivity index (χ2v) is 10.4. The number of aromatic nitrogens is 1. The molecule has 0 radical (unpaired) electrons. The van der Waals surface area contributed by atoms with Crippen molar-refractivity contribution < 1.29 is 13.2 Å². The van der Waals surface area contributed by atoms with E-state index in [0.29, 0.717) is 25.2 Å². The molecule has 1 aliphatic heterocycles. The first-order valence-electron chi connectivity index (χ1n) is 10.2. The van der Waals surface area contributed by atoms with Gasteiger partial charge in [-0.1, -0.05) is 41.9 Å². The average Bonchev–Trinajstić information content (AvgIpc) is 3.23. The molecule has 0 bridgehead atoms. The Bertz CT molecular complexity index is 1170. The number of nitrogens with one attached hydrogen (secondary N) is 1. The summed E-state index contributed by atoms with van der Waals surface area (Å²) in [6.45, 7) is 2.76. The van der Waals surface area contributed by atoms with E-state index in [1.54, 1.807) is 28.5 Å². The number of amides is 1. The van der Waals surface area contributed by atoms with Crippen molar-refractivity contribution in [1.82, 2.24) is 14.6 Å². The van der Waals surface area contributed by atoms with Crippen molar-refractivity contribution in [2.75, 3.05) is 31.1 Å². The summed E-state index contributed by atoms with van der Waals surface area (Å²) in [5.41, 5.74) is 1.13. The highest BCUT2D eigenvalue weighted by Crippen LogP contribution is 2.25. The summed E-state index contributed by atoms with van der Waals surface area (Å²) in [6.07, 6.45) is 2.58. The summed E-state index contributed by atoms with van der Waals surface area (Å²) >= 11 is 7.78. The van der Waals surface area contributed by atoms with Crippen LogP contribution in [0.25, 0.3) is 0 Å². The fourth-order valence-electron chi connectivity index (χ4n) is 3.56. The second-order valence-electron chi connectivity index (χ2n) is 7.40. The molecule has 0 saturated carbocycles. The van der Waals surface area contributed by atoms with Gasteiger partial charge >= 0.3 is 0 Å². The van der Waals surface area contributed by atoms with E-state index in [-0.39, 0.29) is 22.4 Å². The number of halogens is 1. The standard InChI is InChI=1S/C22H23ClN4O3S2/c23-19-8-7-18(15-20(19)32(29,30)25-16-17-5-2-1-3-6-17)21(28)26-10-4-11-27(13-12-26)22-24-9-14-31-22/h1-3,5-9,14-15,25H,4,10-13,16H2. The van der Waals surface area contributed by atoms with Crippen LogP contribution in [0.1, 0.15) is 22.3 Å². The first-order valence-corrected chi connectivity index (χ1v) is 12.9. The molecule has 0 spiro atoms. The molecule has 3 aromatic rings. The predicted octanol–water partition coefficient (Wildman–Crippen LogP) is 3.63. The number of sulfonamides is 1. The lowest BCUT2D eigenvalue weighted by Crippen LogP contribution is -2.35. The Morgan fingerprint density at radius 1 is 1.09 bits per heavy atom. The molecule has 1 saturated heterocycles. The molecule has 1 amide bonds. The number of nitrogens with zero attached hydrogens (tertiary/aromatic N) is 3. The van der Waals surface area contributed by atoms with Crippen LogP contribution in [0.4, 0.5) is 5.13 Å². The third-order valence-corrected chi connectivity index (χ3v) is 7.96. The van der Waals surface area contributed by atoms with E-state index in [0.717, 1.165) is 23.7 Å². The third-order valence-electron chi connectivity index (χ3n) is 5.25. The molecule has 0 atom stereocenters. The summed E-state index contributed by atoms with van der Waals surface area (Å²) in [7, 11) is -3.89. The van der Waals surface area contributed by atoms with Crippen LogP contribution in [-0.2, 0) is 16.6 Å². The smallest absolute Gasteiger partial charge is 0.253 e. The van der Waals surface area contributed by atoms with Gasteiger partial charge in [-0.05, 0) is 30.2 Å². The number of carbonyl (C=O) groups excluding carboxylic acids is 1. The van der Waals surface area contributed by atoms with E-state index in [9.17, 15) is 13.2 Å². The number of carbonyl (C=O) groups is 1. The van der Waals surface area contributed by atoms with Crippen LogP contribution in [-0.4, -0.2) is 50.4 Å². The molecule has 1 aromatic heterocycles. The van der Waals surface area contributed by atoms with Crippen molar-refractivity contribution in [3.05, 3.63) is 76.3 Å². The number of hydrogen-bond donors (Lipinski definition) is 1. The summed E-state index contributed by atoms with van der Waals surface area (Å²) in [6, 6.07) is 13.6. The van der Waals surface area contributed by atoms with Gasteiger partial charge in [0.25, 0.3) is 5.91 Å². The zero-order valence-corrected chi connectivity index (χ0v) is 19.7. The van der Waals surface area contributed by atoms with E-state index < -0.39 is 10.0 Å². The number of benzene rings is 2. The lowest BCUT2D eigenvalue weighted by atomic mass is 10.2. The van der Waals surface area contributed by atoms with E-state index in [2.05, 4.69) is 14.6 Å². The Kier molecular flexibility index (Phi) is 7.10. The van der Waals surface area contributed by atoms with Gasteiger partial charge in [0.2, 0.25) is 10.0 Å². The molecule has 2 heterocycles. The summed E-state index contributed by atoms with van der Waals surface area (Å²) < 4.78 is 28.3. The minimum absolute atomic E-state index is 0.0768. The molecular weight excluding hydrogens is 468 g/mol. The van der Waals surface area contributed by atoms with Crippen molar-refractivity contribution in [3.63, 3.8) is 0 Å². The molecule has 2 aromatic carbocycles. The normalized spacial score (nSPS) is 14.9. The van der Waals surface area contributed by atoms with Gasteiger partial charge in [-0.25, -0.2) is 18.1 Å². The first kappa shape index (κ1) is 22.7. The third kappa shape index (κ3) is 5.29. The van der Waals surface area contributed by atoms with Crippen LogP contribution in [0.2, 0.25) is 5.02 Å². The highest BCUT2D eigenvalue weighted by atomic mass is 35.5. The quantitative estimate of drug-likeness (QED) is 0.570. The number of rotatable bonds is 6. The molecule has 0 aliphatic carbocycles. The fourth-order valence-corrected chi connectivity index (χ4v) is 5.80. The molecule has 1 fully saturated rings. The van der Waals surface area contributed by atoms with Gasteiger partial charge < -0.3 is 9.80 Å². The number of anilines is 1. The zero-order chi connectivity index (χ0) is 22.6. The second kappa shape index (κ2) is 9.99. The summed E-state index contributed by atoms with van der Waals surface area (Å²) in [5, 5.41) is 2.96. The SMILES string of the molecule is O=C(c1ccc(Cl)c(S(=O)(=O)NCc2ccccc2)c1)N1CCCN(c2nccs2)CC1. The monoisotopic (exact) mass is 490 g/mol. The van der Waals surface area contributed by atoms with Crippen LogP contribution < -0.4 is 9.62 Å². The summed E-state index contributed by atoms with van der Waals surface area (Å²) in [5.74, 6) is -0.206. The van der Waals surface area contributed by atoms with Crippen molar-refractivity contribution in [1.29, 1.82) is 0 Å². The van der Waals surface area contributed by atoms with E-state index >= 15 is 0 Å². The first-order chi connectivity index (χ1) is 15.4. The molecule has 7 nitrogen and oxygen atoms in total. The Hall–Kier alpha value is -2.46. The van der Waals surface area contributed by atoms with E-state index in [1.807, 2.05) is 35.7 Å². The van der Waals surface area contributed by atoms with Gasteiger partial charge in [0.1, 0.15) is 4.90 Å². The molecule has 32 heavy (non-hydrogen) atoms. The van der Waals surface area contributed by atoms with Crippen molar-refractivity contribution in [2.45, 2.75) is 17.9 Å². The van der Waals surface area contributed by atoms with Crippen molar-refractivity contribution in [2.24, 2.45) is 0 Å². The van der Waals surface area contributed by atoms with Gasteiger partial charge in [-0.15, -0.1) is 11.3 Å². The van der Waals surface area contributed by atoms with Gasteiger partial charge in [0.15, 0.2) is 5.13 Å². The minimum Gasteiger partial charge on any atom is -0.346 e. The average molecular weight is 491 g/mol. The highest BCUT2D eigenvalue weighted by Gasteiger charge is 2.24. The largest absolute Gasteiger partial charge is 0.346 e. The summed E-state index contributed by atoms with van der Waals surface area (Å²) in [4.78, 5) is 21.3. The van der Waals surface area contributed by atoms with Gasteiger partial charge in [0.05, 0.1) is 5.02 Å². The number of hydrogen-bond acceptors (Lipinski definition) is 6. The van der Waals surface area contributed by atoms with Crippen LogP contribution in [0, 0.1) is 0 Å². The fraction of sp³-hybridized carbons (Fsp3) is 0.273. The zero-order valence-electron chi connectivity index (χ0n) is 17.3. The Morgan fingerprint density at radius 3 is 2.66 bits per heavy atom. The Balaban J connectivity index is 1.48. The molecule has 10 heteroatoms. The lowest BCUT2D eigenvalue weighted by molar-refractivity contribution is 0.0767. The Labute approximate surface area is 196 Å². The molecule has 168 valence electrons. The van der Waals surface area contributed by atoms with Crippen LogP contribution in [0.3, 0.4) is 0 Å². The Morgan fingerprint density at radius 2 is 1.91 bits per heavy atom. The molecule has 1 N–H and O–H groups in total. The highest BCUT2D eigenvalue weighted by molar-refractivity contribution is 7.89. The van der Waals surface area contributed by atoms with E-state index in [4.69, 9.17) is 11.6 Å². The van der Waals surface area contributed by atoms with Gasteiger partial charge in [-0.3, -0.25) is 4.79 Å². The maximum absolute atomic E-state index is 13.2. The van der Waals surface area contributed by atoms with E-state index in [1.165, 1.54) is 12.1 Å². The lowest BCUT2D eigenvalue weighted by Gasteiger charge is -2.22. The molecular formula is C22H23ClN4O3S2. The molecule has 4 rings (SSSR count). The topological polar surface area (TPSA) is 82.6 Å². The molecule has 0 unspecified atom stereocenters. The van der Waals surface area contributed by atoms with Crippen LogP contribution in [0.5, 0.6) is 0 Å². The predicted molar refractivity (Wildman–Crippen MR) is 127 cm³/mol. The number of thiazole rings is 1. The van der Waals surface area contributed by atoms with Crippen LogP contribution >= 0.6 is 22.9 Å². The maximum Gasteiger partial charge on any atom is 0.253 e. The maximum atomic E-state index is 13.2. The van der Waals surface area contributed by atoms with Gasteiger partial charge in [-0.2, -0.15) is 0 Å².